The van der Waals surface area contributed by atoms with Gasteiger partial charge in [0.2, 0.25) is 0 Å². The first-order chi connectivity index (χ1) is 14.7. The molecular weight excluding hydrogens is 410 g/mol. The number of fused-ring (bicyclic) bond motifs is 1. The van der Waals surface area contributed by atoms with Crippen LogP contribution in [0.5, 0.6) is 5.75 Å². The number of carbonyl (C=O) groups is 4. The van der Waals surface area contributed by atoms with Gasteiger partial charge in [0, 0.05) is 12.1 Å². The Morgan fingerprint density at radius 2 is 1.74 bits per heavy atom. The van der Waals surface area contributed by atoms with Crippen LogP contribution in [-0.4, -0.2) is 53.3 Å². The Kier molecular flexibility index (Phi) is 5.95. The number of nitrogens with one attached hydrogen (secondary N) is 1. The Morgan fingerprint density at radius 3 is 2.29 bits per heavy atom. The zero-order valence-electron chi connectivity index (χ0n) is 16.5. The van der Waals surface area contributed by atoms with Gasteiger partial charge in [0.1, 0.15) is 11.8 Å². The first-order valence-corrected chi connectivity index (χ1v) is 9.00. The summed E-state index contributed by atoms with van der Waals surface area (Å²) in [7, 11) is 1.32. The first kappa shape index (κ1) is 21.4. The second kappa shape index (κ2) is 8.61. The van der Waals surface area contributed by atoms with E-state index in [1.807, 2.05) is 0 Å². The molecule has 0 saturated carbocycles. The van der Waals surface area contributed by atoms with Crippen molar-refractivity contribution >= 4 is 35.1 Å². The minimum absolute atomic E-state index is 0.0196. The molecule has 2 aromatic rings. The number of ether oxygens (including phenoxy) is 2. The van der Waals surface area contributed by atoms with Crippen LogP contribution in [0.3, 0.4) is 0 Å². The average molecular weight is 427 g/mol. The summed E-state index contributed by atoms with van der Waals surface area (Å²) >= 11 is 0. The Morgan fingerprint density at radius 1 is 1.13 bits per heavy atom. The number of amides is 3. The van der Waals surface area contributed by atoms with E-state index in [1.54, 1.807) is 12.1 Å². The Labute approximate surface area is 175 Å². The van der Waals surface area contributed by atoms with Crippen LogP contribution in [0.15, 0.2) is 42.5 Å². The van der Waals surface area contributed by atoms with E-state index in [4.69, 9.17) is 9.47 Å². The van der Waals surface area contributed by atoms with Crippen molar-refractivity contribution in [3.63, 3.8) is 0 Å². The van der Waals surface area contributed by atoms with E-state index < -0.39 is 41.3 Å². The normalized spacial score (nSPS) is 13.4. The molecule has 1 heterocycles. The highest BCUT2D eigenvalue weighted by Gasteiger charge is 2.41. The van der Waals surface area contributed by atoms with Crippen molar-refractivity contribution in [2.24, 2.45) is 0 Å². The largest absolute Gasteiger partial charge is 0.495 e. The fourth-order valence-electron chi connectivity index (χ4n) is 3.02. The van der Waals surface area contributed by atoms with Crippen molar-refractivity contribution in [2.75, 3.05) is 19.0 Å². The van der Waals surface area contributed by atoms with Crippen molar-refractivity contribution in [1.29, 1.82) is 0 Å². The van der Waals surface area contributed by atoms with Gasteiger partial charge in [-0.15, -0.1) is 0 Å². The number of nitro groups is 1. The minimum atomic E-state index is -1.26. The molecule has 0 fully saturated rings. The van der Waals surface area contributed by atoms with Gasteiger partial charge in [-0.2, -0.15) is 0 Å². The first-order valence-electron chi connectivity index (χ1n) is 9.00. The molecular formula is C20H17N3O8. The van der Waals surface area contributed by atoms with Gasteiger partial charge in [0.05, 0.1) is 28.8 Å². The molecule has 1 atom stereocenters. The van der Waals surface area contributed by atoms with Crippen LogP contribution in [0.1, 0.15) is 27.6 Å². The lowest BCUT2D eigenvalue weighted by Crippen LogP contribution is -2.44. The molecule has 3 amide bonds. The van der Waals surface area contributed by atoms with E-state index >= 15 is 0 Å². The number of nitrogens with zero attached hydrogens (tertiary/aromatic N) is 2. The average Bonchev–Trinajstić information content (AvgIpc) is 3.01. The molecule has 0 aromatic heterocycles. The van der Waals surface area contributed by atoms with Crippen LogP contribution in [-0.2, 0) is 14.3 Å². The van der Waals surface area contributed by atoms with Crippen LogP contribution in [0.4, 0.5) is 11.4 Å². The predicted molar refractivity (Wildman–Crippen MR) is 106 cm³/mol. The van der Waals surface area contributed by atoms with Crippen molar-refractivity contribution in [2.45, 2.75) is 13.0 Å². The van der Waals surface area contributed by atoms with Gasteiger partial charge in [-0.05, 0) is 25.1 Å². The van der Waals surface area contributed by atoms with Crippen LogP contribution in [0.2, 0.25) is 0 Å². The van der Waals surface area contributed by atoms with Crippen LogP contribution in [0.25, 0.3) is 0 Å². The number of rotatable bonds is 7. The lowest BCUT2D eigenvalue weighted by Gasteiger charge is -2.20. The third-order valence-electron chi connectivity index (χ3n) is 4.57. The maximum Gasteiger partial charge on any atom is 0.329 e. The highest BCUT2D eigenvalue weighted by Crippen LogP contribution is 2.29. The van der Waals surface area contributed by atoms with Gasteiger partial charge in [-0.25, -0.2) is 4.79 Å². The third-order valence-corrected chi connectivity index (χ3v) is 4.57. The number of imide groups is 1. The summed E-state index contributed by atoms with van der Waals surface area (Å²) in [5.41, 5.74) is 0.115. The fraction of sp³-hybridized carbons (Fsp3) is 0.200. The zero-order chi connectivity index (χ0) is 22.7. The van der Waals surface area contributed by atoms with Crippen molar-refractivity contribution in [3.05, 3.63) is 63.7 Å². The quantitative estimate of drug-likeness (QED) is 0.305. The highest BCUT2D eigenvalue weighted by molar-refractivity contribution is 6.22. The lowest BCUT2D eigenvalue weighted by atomic mass is 10.1. The summed E-state index contributed by atoms with van der Waals surface area (Å²) in [6.45, 7) is 0.573. The Hall–Kier alpha value is -4.28. The maximum absolute atomic E-state index is 12.4. The summed E-state index contributed by atoms with van der Waals surface area (Å²) in [5.74, 6) is -2.84. The van der Waals surface area contributed by atoms with E-state index in [9.17, 15) is 29.3 Å². The molecule has 1 N–H and O–H groups in total. The highest BCUT2D eigenvalue weighted by atomic mass is 16.6. The number of hydrogen-bond donors (Lipinski definition) is 1. The van der Waals surface area contributed by atoms with E-state index in [1.165, 1.54) is 38.3 Å². The number of methoxy groups -OCH3 is 1. The van der Waals surface area contributed by atoms with Crippen molar-refractivity contribution in [1.82, 2.24) is 4.90 Å². The van der Waals surface area contributed by atoms with Gasteiger partial charge in [-0.1, -0.05) is 12.1 Å². The molecule has 0 saturated heterocycles. The summed E-state index contributed by atoms with van der Waals surface area (Å²) in [6, 6.07) is 8.52. The van der Waals surface area contributed by atoms with Gasteiger partial charge in [-0.3, -0.25) is 29.4 Å². The monoisotopic (exact) mass is 427 g/mol. The van der Waals surface area contributed by atoms with Crippen LogP contribution >= 0.6 is 0 Å². The third kappa shape index (κ3) is 4.20. The van der Waals surface area contributed by atoms with Gasteiger partial charge >= 0.3 is 5.97 Å². The topological polar surface area (TPSA) is 145 Å². The number of benzene rings is 2. The number of non-ortho nitro benzene ring substituents is 1. The Balaban J connectivity index is 1.63. The standard InChI is InChI=1S/C20H17N3O8/c1-11(22-18(25)13-5-3-4-6-14(13)19(22)26)20(27)31-10-17(24)21-15-9-12(23(28)29)7-8-16(15)30-2/h3-9,11H,10H2,1-2H3,(H,21,24). The molecule has 1 unspecified atom stereocenters. The molecule has 0 radical (unpaired) electrons. The van der Waals surface area contributed by atoms with Crippen molar-refractivity contribution in [3.8, 4) is 5.75 Å². The van der Waals surface area contributed by atoms with Gasteiger partial charge in [0.25, 0.3) is 23.4 Å². The van der Waals surface area contributed by atoms with Gasteiger partial charge < -0.3 is 14.8 Å². The summed E-state index contributed by atoms with van der Waals surface area (Å²) in [4.78, 5) is 60.4. The SMILES string of the molecule is COc1ccc([N+](=O)[O-])cc1NC(=O)COC(=O)C(C)N1C(=O)c2ccccc2C1=O. The second-order valence-corrected chi connectivity index (χ2v) is 6.50. The number of nitro benzene ring substituents is 1. The number of hydrogen-bond acceptors (Lipinski definition) is 8. The molecule has 11 nitrogen and oxygen atoms in total. The minimum Gasteiger partial charge on any atom is -0.495 e. The number of esters is 1. The molecule has 0 aliphatic carbocycles. The van der Waals surface area contributed by atoms with E-state index in [0.29, 0.717) is 0 Å². The smallest absolute Gasteiger partial charge is 0.329 e. The second-order valence-electron chi connectivity index (χ2n) is 6.50. The van der Waals surface area contributed by atoms with Crippen molar-refractivity contribution < 1.29 is 33.6 Å². The van der Waals surface area contributed by atoms with Crippen LogP contribution in [0, 0.1) is 10.1 Å². The molecule has 3 rings (SSSR count). The molecule has 160 valence electrons. The Bertz CT molecular complexity index is 1060. The number of carbonyl (C=O) groups excluding carboxylic acids is 4. The number of anilines is 1. The predicted octanol–water partition coefficient (Wildman–Crippen LogP) is 1.77. The zero-order valence-corrected chi connectivity index (χ0v) is 16.5. The van der Waals surface area contributed by atoms with E-state index in [2.05, 4.69) is 5.32 Å². The van der Waals surface area contributed by atoms with E-state index in [0.717, 1.165) is 11.0 Å². The molecule has 2 aromatic carbocycles. The molecule has 11 heteroatoms. The lowest BCUT2D eigenvalue weighted by molar-refractivity contribution is -0.384. The van der Waals surface area contributed by atoms with Gasteiger partial charge in [0.15, 0.2) is 6.61 Å². The molecule has 0 spiro atoms. The summed E-state index contributed by atoms with van der Waals surface area (Å²) < 4.78 is 9.97. The summed E-state index contributed by atoms with van der Waals surface area (Å²) in [6.07, 6.45) is 0. The maximum atomic E-state index is 12.4. The molecule has 0 bridgehead atoms. The molecule has 31 heavy (non-hydrogen) atoms. The molecule has 1 aliphatic heterocycles. The van der Waals surface area contributed by atoms with E-state index in [-0.39, 0.29) is 28.3 Å². The summed E-state index contributed by atoms with van der Waals surface area (Å²) in [5, 5.41) is 13.3. The molecule has 1 aliphatic rings. The van der Waals surface area contributed by atoms with Crippen LogP contribution < -0.4 is 10.1 Å². The fourth-order valence-corrected chi connectivity index (χ4v) is 3.02.